The molecular weight excluding hydrogens is 901 g/mol. The Balaban J connectivity index is 4.51. The van der Waals surface area contributed by atoms with Crippen LogP contribution in [-0.4, -0.2) is 37.2 Å². The molecule has 412 valence electrons. The number of carbonyl (C=O) groups excluding carboxylic acids is 3. The van der Waals surface area contributed by atoms with Gasteiger partial charge in [0.1, 0.15) is 13.2 Å². The number of allylic oxidation sites excluding steroid dienone is 22. The molecule has 0 radical (unpaired) electrons. The standard InChI is InChI=1S/C67H108O6/c1-4-7-10-13-16-19-22-25-28-31-32-33-34-37-39-42-45-48-51-54-57-60-66(69)72-63-64(73-67(70)61-58-55-52-49-46-43-40-36-30-27-24-21-18-15-12-9-6-3)62-71-65(68)59-56-53-50-47-44-41-38-35-29-26-23-20-17-14-11-8-5-2/h8-9,11-12,17-18,20-22,25-27,29-32,34,37-38,40-41,43,64H,4-7,10,13-16,19,23-24,28,33,35-36,39,42,44-63H2,1-3H3/b11-8-,12-9-,20-17-,21-18-,25-22-,29-26-,30-27-,32-31-,37-34-,41-38-,43-40-. The van der Waals surface area contributed by atoms with E-state index in [4.69, 9.17) is 14.2 Å². The lowest BCUT2D eigenvalue weighted by Crippen LogP contribution is -2.30. The van der Waals surface area contributed by atoms with Gasteiger partial charge in [0.15, 0.2) is 6.10 Å². The van der Waals surface area contributed by atoms with Crippen molar-refractivity contribution in [2.75, 3.05) is 13.2 Å². The summed E-state index contributed by atoms with van der Waals surface area (Å²) in [5, 5.41) is 0. The fraction of sp³-hybridized carbons (Fsp3) is 0.627. The van der Waals surface area contributed by atoms with Crippen LogP contribution in [-0.2, 0) is 28.6 Å². The second kappa shape index (κ2) is 60.1. The summed E-state index contributed by atoms with van der Waals surface area (Å²) in [7, 11) is 0. The Kier molecular flexibility index (Phi) is 56.4. The van der Waals surface area contributed by atoms with Crippen molar-refractivity contribution >= 4 is 17.9 Å². The van der Waals surface area contributed by atoms with Crippen LogP contribution < -0.4 is 0 Å². The lowest BCUT2D eigenvalue weighted by molar-refractivity contribution is -0.167. The Morgan fingerprint density at radius 2 is 0.534 bits per heavy atom. The van der Waals surface area contributed by atoms with Gasteiger partial charge in [0.2, 0.25) is 0 Å². The quantitative estimate of drug-likeness (QED) is 0.0261. The SMILES string of the molecule is CC/C=C\C/C=C\C/C=C\C/C=C\CCCCCCC(=O)OCC(COC(=O)CCCCCCCC/C=C\C/C=C\C/C=C\CCCCCCC)OC(=O)CCCCCC/C=C\C/C=C\C/C=C\C/C=C\CC. The average Bonchev–Trinajstić information content (AvgIpc) is 3.39. The maximum Gasteiger partial charge on any atom is 0.306 e. The van der Waals surface area contributed by atoms with Crippen molar-refractivity contribution in [2.24, 2.45) is 0 Å². The van der Waals surface area contributed by atoms with E-state index in [2.05, 4.69) is 154 Å². The zero-order valence-corrected chi connectivity index (χ0v) is 47.1. The number of esters is 3. The van der Waals surface area contributed by atoms with Gasteiger partial charge in [-0.05, 0) is 135 Å². The van der Waals surface area contributed by atoms with Crippen molar-refractivity contribution in [1.29, 1.82) is 0 Å². The molecule has 0 N–H and O–H groups in total. The molecule has 0 aromatic rings. The molecule has 0 spiro atoms. The summed E-state index contributed by atoms with van der Waals surface area (Å²) in [6.07, 6.45) is 84.4. The van der Waals surface area contributed by atoms with Gasteiger partial charge in [0.25, 0.3) is 0 Å². The van der Waals surface area contributed by atoms with Crippen molar-refractivity contribution in [3.05, 3.63) is 134 Å². The van der Waals surface area contributed by atoms with E-state index in [0.717, 1.165) is 161 Å². The number of carbonyl (C=O) groups is 3. The number of unbranched alkanes of at least 4 members (excludes halogenated alkanes) is 19. The molecule has 0 heterocycles. The number of hydrogen-bond acceptors (Lipinski definition) is 6. The first-order valence-corrected chi connectivity index (χ1v) is 29.7. The van der Waals surface area contributed by atoms with Crippen molar-refractivity contribution in [2.45, 2.75) is 258 Å². The molecule has 73 heavy (non-hydrogen) atoms. The fourth-order valence-corrected chi connectivity index (χ4v) is 7.72. The number of ether oxygens (including phenoxy) is 3. The molecule has 0 rings (SSSR count). The summed E-state index contributed by atoms with van der Waals surface area (Å²) in [4.78, 5) is 38.2. The highest BCUT2D eigenvalue weighted by Crippen LogP contribution is 2.13. The maximum absolute atomic E-state index is 12.9. The van der Waals surface area contributed by atoms with Gasteiger partial charge < -0.3 is 14.2 Å². The Labute approximate surface area is 449 Å². The Bertz CT molecular complexity index is 1580. The van der Waals surface area contributed by atoms with Crippen LogP contribution in [0.5, 0.6) is 0 Å². The van der Waals surface area contributed by atoms with Gasteiger partial charge in [0, 0.05) is 19.3 Å². The average molecular weight is 1010 g/mol. The van der Waals surface area contributed by atoms with Crippen LogP contribution >= 0.6 is 0 Å². The van der Waals surface area contributed by atoms with Crippen LogP contribution in [0.4, 0.5) is 0 Å². The Hall–Kier alpha value is -4.45. The summed E-state index contributed by atoms with van der Waals surface area (Å²) in [5.74, 6) is -0.970. The van der Waals surface area contributed by atoms with Crippen LogP contribution in [0.15, 0.2) is 134 Å². The second-order valence-corrected chi connectivity index (χ2v) is 19.1. The molecule has 1 atom stereocenters. The van der Waals surface area contributed by atoms with Crippen LogP contribution in [0.1, 0.15) is 252 Å². The molecule has 0 aromatic heterocycles. The molecule has 0 saturated heterocycles. The molecule has 0 saturated carbocycles. The first kappa shape index (κ1) is 68.6. The predicted octanol–water partition coefficient (Wildman–Crippen LogP) is 20.2. The zero-order valence-electron chi connectivity index (χ0n) is 47.1. The van der Waals surface area contributed by atoms with E-state index < -0.39 is 6.10 Å². The van der Waals surface area contributed by atoms with Gasteiger partial charge in [-0.3, -0.25) is 14.4 Å². The summed E-state index contributed by atoms with van der Waals surface area (Å²) in [5.41, 5.74) is 0. The molecule has 0 amide bonds. The van der Waals surface area contributed by atoms with Crippen molar-refractivity contribution in [1.82, 2.24) is 0 Å². The monoisotopic (exact) mass is 1010 g/mol. The molecule has 1 unspecified atom stereocenters. The minimum atomic E-state index is -0.813. The number of hydrogen-bond donors (Lipinski definition) is 0. The summed E-state index contributed by atoms with van der Waals surface area (Å²) >= 11 is 0. The van der Waals surface area contributed by atoms with Crippen LogP contribution in [0, 0.1) is 0 Å². The van der Waals surface area contributed by atoms with Gasteiger partial charge in [0.05, 0.1) is 0 Å². The maximum atomic E-state index is 12.9. The van der Waals surface area contributed by atoms with Crippen molar-refractivity contribution in [3.8, 4) is 0 Å². The molecule has 0 aromatic carbocycles. The fourth-order valence-electron chi connectivity index (χ4n) is 7.72. The molecule has 0 aliphatic carbocycles. The first-order valence-electron chi connectivity index (χ1n) is 29.7. The minimum Gasteiger partial charge on any atom is -0.462 e. The Morgan fingerprint density at radius 3 is 0.836 bits per heavy atom. The van der Waals surface area contributed by atoms with E-state index in [1.54, 1.807) is 0 Å². The lowest BCUT2D eigenvalue weighted by atomic mass is 10.1. The van der Waals surface area contributed by atoms with E-state index in [-0.39, 0.29) is 37.5 Å². The van der Waals surface area contributed by atoms with E-state index in [1.165, 1.54) is 51.4 Å². The normalized spacial score (nSPS) is 13.1. The highest BCUT2D eigenvalue weighted by Gasteiger charge is 2.19. The predicted molar refractivity (Wildman–Crippen MR) is 316 cm³/mol. The van der Waals surface area contributed by atoms with Crippen LogP contribution in [0.3, 0.4) is 0 Å². The minimum absolute atomic E-state index is 0.108. The smallest absolute Gasteiger partial charge is 0.306 e. The molecule has 0 fully saturated rings. The zero-order chi connectivity index (χ0) is 52.9. The molecular formula is C67H108O6. The van der Waals surface area contributed by atoms with Gasteiger partial charge >= 0.3 is 17.9 Å². The van der Waals surface area contributed by atoms with Crippen LogP contribution in [0.25, 0.3) is 0 Å². The largest absolute Gasteiger partial charge is 0.462 e. The number of rotatable bonds is 52. The highest BCUT2D eigenvalue weighted by atomic mass is 16.6. The summed E-state index contributed by atoms with van der Waals surface area (Å²) in [6, 6.07) is 0. The van der Waals surface area contributed by atoms with E-state index in [9.17, 15) is 14.4 Å². The van der Waals surface area contributed by atoms with Crippen molar-refractivity contribution < 1.29 is 28.6 Å². The Morgan fingerprint density at radius 1 is 0.288 bits per heavy atom. The van der Waals surface area contributed by atoms with Crippen molar-refractivity contribution in [3.63, 3.8) is 0 Å². The molecule has 0 aliphatic heterocycles. The third kappa shape index (κ3) is 58.3. The summed E-state index contributed by atoms with van der Waals surface area (Å²) < 4.78 is 16.8. The van der Waals surface area contributed by atoms with Gasteiger partial charge in [-0.15, -0.1) is 0 Å². The van der Waals surface area contributed by atoms with E-state index in [0.29, 0.717) is 12.8 Å². The first-order chi connectivity index (χ1) is 36.0. The third-order valence-electron chi connectivity index (χ3n) is 12.1. The summed E-state index contributed by atoms with van der Waals surface area (Å²) in [6.45, 7) is 6.35. The molecule has 0 aliphatic rings. The van der Waals surface area contributed by atoms with E-state index in [1.807, 2.05) is 0 Å². The lowest BCUT2D eigenvalue weighted by Gasteiger charge is -2.18. The second-order valence-electron chi connectivity index (χ2n) is 19.1. The molecule has 6 nitrogen and oxygen atoms in total. The van der Waals surface area contributed by atoms with E-state index >= 15 is 0 Å². The van der Waals surface area contributed by atoms with Gasteiger partial charge in [-0.1, -0.05) is 231 Å². The molecule has 6 heteroatoms. The third-order valence-corrected chi connectivity index (χ3v) is 12.1. The highest BCUT2D eigenvalue weighted by molar-refractivity contribution is 5.71. The topological polar surface area (TPSA) is 78.9 Å². The molecule has 0 bridgehead atoms. The van der Waals surface area contributed by atoms with Crippen LogP contribution in [0.2, 0.25) is 0 Å². The van der Waals surface area contributed by atoms with Gasteiger partial charge in [-0.2, -0.15) is 0 Å². The van der Waals surface area contributed by atoms with Gasteiger partial charge in [-0.25, -0.2) is 0 Å².